The number of alkyl halides is 1. The monoisotopic (exact) mass is 302 g/mol. The zero-order valence-corrected chi connectivity index (χ0v) is 11.7. The number of hydrogen-bond acceptors (Lipinski definition) is 3. The minimum Gasteiger partial charge on any atom is -0.462 e. The molecule has 1 aromatic rings. The van der Waals surface area contributed by atoms with Gasteiger partial charge in [-0.2, -0.15) is 0 Å². The van der Waals surface area contributed by atoms with Crippen LogP contribution in [0.15, 0.2) is 23.1 Å². The standard InChI is InChI=1S/C12H15BrO2S/c1-2-15-12(14)10-5-3-7-11(16)9(10)6-4-8-13/h3,5,7,16H,2,4,6,8H2,1H3. The van der Waals surface area contributed by atoms with Crippen molar-refractivity contribution in [1.82, 2.24) is 0 Å². The van der Waals surface area contributed by atoms with Gasteiger partial charge in [-0.05, 0) is 37.5 Å². The van der Waals surface area contributed by atoms with Gasteiger partial charge < -0.3 is 4.74 Å². The second-order valence-corrected chi connectivity index (χ2v) is 4.59. The first-order valence-electron chi connectivity index (χ1n) is 5.24. The Labute approximate surface area is 110 Å². The zero-order valence-electron chi connectivity index (χ0n) is 9.20. The van der Waals surface area contributed by atoms with E-state index in [0.717, 1.165) is 28.6 Å². The zero-order chi connectivity index (χ0) is 12.0. The molecule has 0 aliphatic rings. The summed E-state index contributed by atoms with van der Waals surface area (Å²) in [6.07, 6.45) is 1.81. The average molecular weight is 303 g/mol. The Hall–Kier alpha value is -0.480. The summed E-state index contributed by atoms with van der Waals surface area (Å²) in [7, 11) is 0. The minimum absolute atomic E-state index is 0.261. The first-order chi connectivity index (χ1) is 7.70. The summed E-state index contributed by atoms with van der Waals surface area (Å²) in [6, 6.07) is 5.52. The van der Waals surface area contributed by atoms with Crippen molar-refractivity contribution in [1.29, 1.82) is 0 Å². The number of thiol groups is 1. The molecule has 0 aliphatic heterocycles. The van der Waals surface area contributed by atoms with Crippen LogP contribution in [-0.2, 0) is 11.2 Å². The summed E-state index contributed by atoms with van der Waals surface area (Å²) in [5.74, 6) is -0.261. The van der Waals surface area contributed by atoms with Crippen LogP contribution >= 0.6 is 28.6 Å². The molecule has 0 saturated carbocycles. The van der Waals surface area contributed by atoms with Crippen molar-refractivity contribution in [2.75, 3.05) is 11.9 Å². The Morgan fingerprint density at radius 1 is 1.50 bits per heavy atom. The van der Waals surface area contributed by atoms with Crippen LogP contribution in [0.3, 0.4) is 0 Å². The van der Waals surface area contributed by atoms with Crippen LogP contribution in [0, 0.1) is 0 Å². The predicted molar refractivity (Wildman–Crippen MR) is 71.8 cm³/mol. The Kier molecular flexibility index (Phi) is 5.91. The molecule has 0 saturated heterocycles. The highest BCUT2D eigenvalue weighted by atomic mass is 79.9. The van der Waals surface area contributed by atoms with Gasteiger partial charge in [0.2, 0.25) is 0 Å². The Bertz CT molecular complexity index is 366. The number of halogens is 1. The van der Waals surface area contributed by atoms with E-state index in [1.165, 1.54) is 0 Å². The maximum atomic E-state index is 11.7. The molecule has 0 radical (unpaired) electrons. The molecule has 1 aromatic carbocycles. The molecule has 0 heterocycles. The quantitative estimate of drug-likeness (QED) is 0.512. The lowest BCUT2D eigenvalue weighted by Gasteiger charge is -2.10. The Balaban J connectivity index is 2.97. The van der Waals surface area contributed by atoms with Gasteiger partial charge >= 0.3 is 5.97 Å². The van der Waals surface area contributed by atoms with E-state index in [1.54, 1.807) is 13.0 Å². The molecular weight excluding hydrogens is 288 g/mol. The number of carbonyl (C=O) groups excluding carboxylic acids is 1. The summed E-state index contributed by atoms with van der Waals surface area (Å²) in [6.45, 7) is 2.20. The fourth-order valence-corrected chi connectivity index (χ4v) is 2.08. The summed E-state index contributed by atoms with van der Waals surface area (Å²) in [4.78, 5) is 12.6. The lowest BCUT2D eigenvalue weighted by molar-refractivity contribution is 0.0524. The summed E-state index contributed by atoms with van der Waals surface area (Å²) >= 11 is 7.76. The minimum atomic E-state index is -0.261. The van der Waals surface area contributed by atoms with Crippen LogP contribution < -0.4 is 0 Å². The van der Waals surface area contributed by atoms with Gasteiger partial charge in [-0.3, -0.25) is 0 Å². The van der Waals surface area contributed by atoms with Crippen molar-refractivity contribution < 1.29 is 9.53 Å². The van der Waals surface area contributed by atoms with Crippen LogP contribution in [0.4, 0.5) is 0 Å². The predicted octanol–water partition coefficient (Wildman–Crippen LogP) is 3.48. The molecule has 0 bridgehead atoms. The molecule has 0 unspecified atom stereocenters. The lowest BCUT2D eigenvalue weighted by Crippen LogP contribution is -2.09. The van der Waals surface area contributed by atoms with Gasteiger partial charge in [0.05, 0.1) is 12.2 Å². The Morgan fingerprint density at radius 3 is 2.88 bits per heavy atom. The van der Waals surface area contributed by atoms with Crippen LogP contribution in [0.5, 0.6) is 0 Å². The molecule has 0 N–H and O–H groups in total. The van der Waals surface area contributed by atoms with E-state index in [9.17, 15) is 4.79 Å². The van der Waals surface area contributed by atoms with E-state index < -0.39 is 0 Å². The molecule has 16 heavy (non-hydrogen) atoms. The molecule has 0 aliphatic carbocycles. The lowest BCUT2D eigenvalue weighted by atomic mass is 10.0. The molecule has 0 spiro atoms. The Morgan fingerprint density at radius 2 is 2.25 bits per heavy atom. The van der Waals surface area contributed by atoms with Gasteiger partial charge in [-0.1, -0.05) is 22.0 Å². The highest BCUT2D eigenvalue weighted by molar-refractivity contribution is 9.09. The van der Waals surface area contributed by atoms with Crippen molar-refractivity contribution in [2.45, 2.75) is 24.7 Å². The van der Waals surface area contributed by atoms with E-state index in [0.29, 0.717) is 12.2 Å². The third kappa shape index (κ3) is 3.52. The van der Waals surface area contributed by atoms with E-state index in [2.05, 4.69) is 28.6 Å². The van der Waals surface area contributed by atoms with Gasteiger partial charge in [0.1, 0.15) is 0 Å². The van der Waals surface area contributed by atoms with E-state index in [-0.39, 0.29) is 5.97 Å². The fourth-order valence-electron chi connectivity index (χ4n) is 1.48. The maximum Gasteiger partial charge on any atom is 0.338 e. The summed E-state index contributed by atoms with van der Waals surface area (Å²) < 4.78 is 5.02. The second-order valence-electron chi connectivity index (χ2n) is 3.32. The molecular formula is C12H15BrO2S. The van der Waals surface area contributed by atoms with Gasteiger partial charge in [-0.15, -0.1) is 12.6 Å². The molecule has 0 amide bonds. The number of rotatable bonds is 5. The van der Waals surface area contributed by atoms with Crippen molar-refractivity contribution in [2.24, 2.45) is 0 Å². The first-order valence-corrected chi connectivity index (χ1v) is 6.81. The molecule has 88 valence electrons. The molecule has 4 heteroatoms. The second kappa shape index (κ2) is 6.97. The van der Waals surface area contributed by atoms with Gasteiger partial charge in [0.15, 0.2) is 0 Å². The number of hydrogen-bond donors (Lipinski definition) is 1. The summed E-state index contributed by atoms with van der Waals surface area (Å²) in [5.41, 5.74) is 1.61. The van der Waals surface area contributed by atoms with Gasteiger partial charge in [-0.25, -0.2) is 4.79 Å². The smallest absolute Gasteiger partial charge is 0.338 e. The third-order valence-electron chi connectivity index (χ3n) is 2.21. The highest BCUT2D eigenvalue weighted by Crippen LogP contribution is 2.21. The number of esters is 1. The SMILES string of the molecule is CCOC(=O)c1cccc(S)c1CCCBr. The van der Waals surface area contributed by atoms with Crippen molar-refractivity contribution in [3.8, 4) is 0 Å². The van der Waals surface area contributed by atoms with Crippen molar-refractivity contribution in [3.05, 3.63) is 29.3 Å². The van der Waals surface area contributed by atoms with E-state index in [1.807, 2.05) is 12.1 Å². The van der Waals surface area contributed by atoms with Crippen molar-refractivity contribution >= 4 is 34.5 Å². The van der Waals surface area contributed by atoms with Gasteiger partial charge in [0, 0.05) is 10.2 Å². The summed E-state index contributed by atoms with van der Waals surface area (Å²) in [5, 5.41) is 0.914. The van der Waals surface area contributed by atoms with Crippen LogP contribution in [0.2, 0.25) is 0 Å². The number of benzene rings is 1. The van der Waals surface area contributed by atoms with Crippen molar-refractivity contribution in [3.63, 3.8) is 0 Å². The van der Waals surface area contributed by atoms with Crippen LogP contribution in [0.25, 0.3) is 0 Å². The molecule has 2 nitrogen and oxygen atoms in total. The van der Waals surface area contributed by atoms with Gasteiger partial charge in [0.25, 0.3) is 0 Å². The highest BCUT2D eigenvalue weighted by Gasteiger charge is 2.13. The van der Waals surface area contributed by atoms with Crippen LogP contribution in [-0.4, -0.2) is 17.9 Å². The number of ether oxygens (including phenoxy) is 1. The largest absolute Gasteiger partial charge is 0.462 e. The maximum absolute atomic E-state index is 11.7. The topological polar surface area (TPSA) is 26.3 Å². The molecule has 0 aromatic heterocycles. The molecule has 0 fully saturated rings. The number of carbonyl (C=O) groups is 1. The average Bonchev–Trinajstić information content (AvgIpc) is 2.27. The van der Waals surface area contributed by atoms with E-state index in [4.69, 9.17) is 4.74 Å². The normalized spacial score (nSPS) is 10.2. The van der Waals surface area contributed by atoms with Crippen LogP contribution in [0.1, 0.15) is 29.3 Å². The molecule has 0 atom stereocenters. The molecule has 1 rings (SSSR count). The van der Waals surface area contributed by atoms with E-state index >= 15 is 0 Å². The third-order valence-corrected chi connectivity index (χ3v) is 3.19. The fraction of sp³-hybridized carbons (Fsp3) is 0.417. The first kappa shape index (κ1) is 13.6.